The molecule has 0 radical (unpaired) electrons. The smallest absolute Gasteiger partial charge is 0.344 e. The lowest BCUT2D eigenvalue weighted by atomic mass is 9.99. The molecule has 3 heterocycles. The van der Waals surface area contributed by atoms with Crippen LogP contribution in [0.2, 0.25) is 0 Å². The number of nitrogens with one attached hydrogen (secondary N) is 1. The Hall–Kier alpha value is -0.640. The maximum absolute atomic E-state index is 12.6. The van der Waals surface area contributed by atoms with Gasteiger partial charge in [0.1, 0.15) is 0 Å². The predicted molar refractivity (Wildman–Crippen MR) is 86.4 cm³/mol. The summed E-state index contributed by atoms with van der Waals surface area (Å²) in [5.41, 5.74) is 0. The number of hydrogen-bond donors (Lipinski definition) is 1. The summed E-state index contributed by atoms with van der Waals surface area (Å²) in [5.74, 6) is 0.693. The van der Waals surface area contributed by atoms with Crippen molar-refractivity contribution in [2.75, 3.05) is 50.7 Å². The Bertz CT molecular complexity index is 484. The van der Waals surface area contributed by atoms with Crippen LogP contribution in [0.3, 0.4) is 0 Å². The monoisotopic (exact) mass is 371 g/mol. The molecule has 2 saturated heterocycles. The minimum atomic E-state index is -4.40. The zero-order chi connectivity index (χ0) is 15.6. The first-order valence-corrected chi connectivity index (χ1v) is 8.43. The van der Waals surface area contributed by atoms with Crippen LogP contribution in [0.15, 0.2) is 0 Å². The molecule has 1 aromatic heterocycles. The standard InChI is InChI=1S/C13H20F3N5S.ClH/c14-13(15,16)11-18-19-12(22-11)21-6-4-20(5-7-21)9-10-2-1-3-17-8-10;/h10,17H,1-9H2;1H. The highest BCUT2D eigenvalue weighted by Crippen LogP contribution is 2.34. The first-order chi connectivity index (χ1) is 10.5. The summed E-state index contributed by atoms with van der Waals surface area (Å²) in [7, 11) is 0. The lowest BCUT2D eigenvalue weighted by Crippen LogP contribution is -2.49. The largest absolute Gasteiger partial charge is 0.445 e. The van der Waals surface area contributed by atoms with Crippen molar-refractivity contribution in [3.05, 3.63) is 5.01 Å². The molecule has 10 heteroatoms. The van der Waals surface area contributed by atoms with Gasteiger partial charge in [-0.15, -0.1) is 22.6 Å². The zero-order valence-corrected chi connectivity index (χ0v) is 14.3. The highest BCUT2D eigenvalue weighted by Gasteiger charge is 2.36. The number of alkyl halides is 3. The van der Waals surface area contributed by atoms with Gasteiger partial charge < -0.3 is 10.2 Å². The van der Waals surface area contributed by atoms with Crippen molar-refractivity contribution in [2.24, 2.45) is 5.92 Å². The molecule has 5 nitrogen and oxygen atoms in total. The van der Waals surface area contributed by atoms with E-state index in [0.29, 0.717) is 35.5 Å². The van der Waals surface area contributed by atoms with Gasteiger partial charge in [0.05, 0.1) is 0 Å². The molecule has 2 fully saturated rings. The maximum Gasteiger partial charge on any atom is 0.445 e. The van der Waals surface area contributed by atoms with Crippen LogP contribution in [-0.4, -0.2) is 60.9 Å². The molecular weight excluding hydrogens is 351 g/mol. The summed E-state index contributed by atoms with van der Waals surface area (Å²) < 4.78 is 37.7. The van der Waals surface area contributed by atoms with Gasteiger partial charge in [-0.05, 0) is 31.8 Å². The Morgan fingerprint density at radius 2 is 1.91 bits per heavy atom. The molecule has 1 aromatic rings. The van der Waals surface area contributed by atoms with E-state index in [4.69, 9.17) is 0 Å². The molecule has 0 aliphatic carbocycles. The van der Waals surface area contributed by atoms with E-state index in [-0.39, 0.29) is 12.4 Å². The molecule has 2 aliphatic rings. The minimum Gasteiger partial charge on any atom is -0.344 e. The second-order valence-corrected chi connectivity index (χ2v) is 6.84. The summed E-state index contributed by atoms with van der Waals surface area (Å²) in [6, 6.07) is 0. The Balaban J connectivity index is 0.00000192. The maximum atomic E-state index is 12.6. The van der Waals surface area contributed by atoms with Gasteiger partial charge in [0, 0.05) is 32.7 Å². The molecule has 0 bridgehead atoms. The first-order valence-electron chi connectivity index (χ1n) is 7.61. The van der Waals surface area contributed by atoms with Crippen molar-refractivity contribution >= 4 is 28.9 Å². The fourth-order valence-electron chi connectivity index (χ4n) is 3.02. The fourth-order valence-corrected chi connectivity index (χ4v) is 3.79. The van der Waals surface area contributed by atoms with Gasteiger partial charge in [0.25, 0.3) is 0 Å². The number of piperazine rings is 1. The van der Waals surface area contributed by atoms with Gasteiger partial charge >= 0.3 is 6.18 Å². The summed E-state index contributed by atoms with van der Waals surface area (Å²) in [6.07, 6.45) is -1.90. The number of aromatic nitrogens is 2. The number of hydrogen-bond acceptors (Lipinski definition) is 6. The summed E-state index contributed by atoms with van der Waals surface area (Å²) in [4.78, 5) is 4.31. The zero-order valence-electron chi connectivity index (χ0n) is 12.7. The summed E-state index contributed by atoms with van der Waals surface area (Å²) in [6.45, 7) is 6.44. The molecule has 3 rings (SSSR count). The van der Waals surface area contributed by atoms with Gasteiger partial charge in [0.2, 0.25) is 10.1 Å². The van der Waals surface area contributed by atoms with E-state index in [1.807, 2.05) is 4.90 Å². The van der Waals surface area contributed by atoms with E-state index in [1.165, 1.54) is 12.8 Å². The van der Waals surface area contributed by atoms with Gasteiger partial charge in [-0.1, -0.05) is 11.3 Å². The molecule has 23 heavy (non-hydrogen) atoms. The van der Waals surface area contributed by atoms with Crippen LogP contribution in [0.1, 0.15) is 17.8 Å². The van der Waals surface area contributed by atoms with Gasteiger partial charge in [0.15, 0.2) is 0 Å². The Labute approximate surface area is 143 Å². The minimum absolute atomic E-state index is 0. The van der Waals surface area contributed by atoms with E-state index in [1.54, 1.807) is 0 Å². The van der Waals surface area contributed by atoms with E-state index in [0.717, 1.165) is 32.7 Å². The van der Waals surface area contributed by atoms with Crippen molar-refractivity contribution in [2.45, 2.75) is 19.0 Å². The number of anilines is 1. The van der Waals surface area contributed by atoms with Crippen molar-refractivity contribution in [3.63, 3.8) is 0 Å². The summed E-state index contributed by atoms with van der Waals surface area (Å²) >= 11 is 0.633. The van der Waals surface area contributed by atoms with Crippen LogP contribution in [0, 0.1) is 5.92 Å². The van der Waals surface area contributed by atoms with E-state index >= 15 is 0 Å². The molecular formula is C13H21ClF3N5S. The molecule has 2 aliphatic heterocycles. The van der Waals surface area contributed by atoms with Gasteiger partial charge in [-0.25, -0.2) is 0 Å². The third-order valence-corrected chi connectivity index (χ3v) is 5.24. The van der Waals surface area contributed by atoms with Crippen molar-refractivity contribution in [1.29, 1.82) is 0 Å². The number of halogens is 4. The van der Waals surface area contributed by atoms with Crippen molar-refractivity contribution < 1.29 is 13.2 Å². The van der Waals surface area contributed by atoms with E-state index in [2.05, 4.69) is 20.4 Å². The van der Waals surface area contributed by atoms with Gasteiger partial charge in [-0.3, -0.25) is 4.90 Å². The lowest BCUT2D eigenvalue weighted by molar-refractivity contribution is -0.138. The van der Waals surface area contributed by atoms with Crippen LogP contribution in [0.4, 0.5) is 18.3 Å². The lowest BCUT2D eigenvalue weighted by Gasteiger charge is -2.37. The second kappa shape index (κ2) is 7.96. The SMILES string of the molecule is Cl.FC(F)(F)c1nnc(N2CCN(CC3CCCNC3)CC2)s1. The van der Waals surface area contributed by atoms with Crippen LogP contribution in [-0.2, 0) is 6.18 Å². The Kier molecular flexibility index (Phi) is 6.47. The predicted octanol–water partition coefficient (Wildman–Crippen LogP) is 2.10. The third-order valence-electron chi connectivity index (χ3n) is 4.21. The average molecular weight is 372 g/mol. The fraction of sp³-hybridized carbons (Fsp3) is 0.846. The molecule has 0 amide bonds. The number of piperidine rings is 1. The Morgan fingerprint density at radius 1 is 1.17 bits per heavy atom. The van der Waals surface area contributed by atoms with Crippen molar-refractivity contribution in [3.8, 4) is 0 Å². The highest BCUT2D eigenvalue weighted by atomic mass is 35.5. The summed E-state index contributed by atoms with van der Waals surface area (Å²) in [5, 5.41) is 9.88. The second-order valence-electron chi connectivity index (χ2n) is 5.89. The quantitative estimate of drug-likeness (QED) is 0.881. The van der Waals surface area contributed by atoms with E-state index in [9.17, 15) is 13.2 Å². The Morgan fingerprint density at radius 3 is 2.48 bits per heavy atom. The molecule has 132 valence electrons. The van der Waals surface area contributed by atoms with Crippen LogP contribution in [0.5, 0.6) is 0 Å². The van der Waals surface area contributed by atoms with Crippen LogP contribution < -0.4 is 10.2 Å². The number of nitrogens with zero attached hydrogens (tertiary/aromatic N) is 4. The van der Waals surface area contributed by atoms with Crippen LogP contribution in [0.25, 0.3) is 0 Å². The molecule has 0 spiro atoms. The molecule has 0 saturated carbocycles. The van der Waals surface area contributed by atoms with Gasteiger partial charge in [-0.2, -0.15) is 13.2 Å². The molecule has 1 atom stereocenters. The topological polar surface area (TPSA) is 44.3 Å². The number of rotatable bonds is 3. The van der Waals surface area contributed by atoms with E-state index < -0.39 is 11.2 Å². The highest BCUT2D eigenvalue weighted by molar-refractivity contribution is 7.15. The first kappa shape index (κ1) is 18.7. The van der Waals surface area contributed by atoms with Crippen LogP contribution >= 0.6 is 23.7 Å². The molecule has 0 aromatic carbocycles. The average Bonchev–Trinajstić information content (AvgIpc) is 2.99. The normalized spacial score (nSPS) is 23.6. The van der Waals surface area contributed by atoms with Crippen molar-refractivity contribution in [1.82, 2.24) is 20.4 Å². The molecule has 1 N–H and O–H groups in total. The molecule has 1 unspecified atom stereocenters. The third kappa shape index (κ3) is 4.91.